The summed E-state index contributed by atoms with van der Waals surface area (Å²) >= 11 is 3.18. The third-order valence-corrected chi connectivity index (χ3v) is 5.09. The summed E-state index contributed by atoms with van der Waals surface area (Å²) in [4.78, 5) is 25.2. The van der Waals surface area contributed by atoms with Gasteiger partial charge in [0.2, 0.25) is 0 Å². The number of amides is 1. The maximum Gasteiger partial charge on any atom is 0.332 e. The van der Waals surface area contributed by atoms with E-state index in [4.69, 9.17) is 9.47 Å². The maximum atomic E-state index is 14.1. The van der Waals surface area contributed by atoms with Gasteiger partial charge in [0, 0.05) is 18.4 Å². The Morgan fingerprint density at radius 3 is 2.27 bits per heavy atom. The van der Waals surface area contributed by atoms with Crippen LogP contribution < -0.4 is 10.1 Å². The molecular formula is C19H17BrFNO4. The van der Waals surface area contributed by atoms with E-state index in [9.17, 15) is 14.0 Å². The van der Waals surface area contributed by atoms with Crippen molar-refractivity contribution in [2.45, 2.75) is 18.4 Å². The van der Waals surface area contributed by atoms with Crippen LogP contribution in [-0.2, 0) is 22.4 Å². The summed E-state index contributed by atoms with van der Waals surface area (Å²) in [5.74, 6) is -1.76. The van der Waals surface area contributed by atoms with Crippen molar-refractivity contribution in [1.82, 2.24) is 5.32 Å². The molecule has 0 heterocycles. The van der Waals surface area contributed by atoms with Crippen molar-refractivity contribution in [2.75, 3.05) is 14.2 Å². The Bertz CT molecular complexity index is 836. The second-order valence-electron chi connectivity index (χ2n) is 6.12. The second kappa shape index (κ2) is 7.07. The Morgan fingerprint density at radius 1 is 1.15 bits per heavy atom. The fraction of sp³-hybridized carbons (Fsp3) is 0.263. The number of rotatable bonds is 4. The van der Waals surface area contributed by atoms with Gasteiger partial charge in [0.1, 0.15) is 5.54 Å². The van der Waals surface area contributed by atoms with E-state index < -0.39 is 23.2 Å². The molecule has 1 N–H and O–H groups in total. The van der Waals surface area contributed by atoms with Crippen molar-refractivity contribution in [1.29, 1.82) is 0 Å². The predicted molar refractivity (Wildman–Crippen MR) is 96.7 cm³/mol. The molecule has 3 rings (SSSR count). The van der Waals surface area contributed by atoms with Crippen LogP contribution in [0.2, 0.25) is 0 Å². The molecule has 0 aromatic heterocycles. The lowest BCUT2D eigenvalue weighted by molar-refractivity contribution is -0.147. The molecular weight excluding hydrogens is 405 g/mol. The number of carbonyl (C=O) groups is 2. The molecule has 0 atom stereocenters. The molecule has 0 radical (unpaired) electrons. The number of hydrogen-bond acceptors (Lipinski definition) is 4. The highest BCUT2D eigenvalue weighted by atomic mass is 79.9. The van der Waals surface area contributed by atoms with Crippen LogP contribution in [0, 0.1) is 5.82 Å². The molecule has 0 spiro atoms. The van der Waals surface area contributed by atoms with E-state index in [1.165, 1.54) is 20.3 Å². The first-order valence-electron chi connectivity index (χ1n) is 7.91. The Labute approximate surface area is 158 Å². The Hall–Kier alpha value is -2.41. The number of fused-ring (bicyclic) bond motifs is 1. The first-order chi connectivity index (χ1) is 12.4. The third kappa shape index (κ3) is 3.19. The van der Waals surface area contributed by atoms with Gasteiger partial charge in [-0.3, -0.25) is 4.79 Å². The number of halogens is 2. The molecule has 0 unspecified atom stereocenters. The molecule has 0 saturated heterocycles. The maximum absolute atomic E-state index is 14.1. The molecule has 2 aromatic rings. The SMILES string of the molecule is COC(=O)C1(NC(=O)c2cc(F)c(OC)c(Br)c2)Cc2ccccc2C1. The molecule has 0 bridgehead atoms. The highest BCUT2D eigenvalue weighted by molar-refractivity contribution is 9.10. The fourth-order valence-corrected chi connectivity index (χ4v) is 3.87. The van der Waals surface area contributed by atoms with Crippen molar-refractivity contribution in [3.05, 3.63) is 63.4 Å². The van der Waals surface area contributed by atoms with Crippen LogP contribution in [0.4, 0.5) is 4.39 Å². The number of hydrogen-bond donors (Lipinski definition) is 1. The average molecular weight is 422 g/mol. The molecule has 1 amide bonds. The van der Waals surface area contributed by atoms with Gasteiger partial charge >= 0.3 is 5.97 Å². The average Bonchev–Trinajstić information content (AvgIpc) is 2.99. The lowest BCUT2D eigenvalue weighted by atomic mass is 9.95. The van der Waals surface area contributed by atoms with Gasteiger partial charge in [0.05, 0.1) is 18.7 Å². The molecule has 2 aromatic carbocycles. The normalized spacial score (nSPS) is 14.5. The first kappa shape index (κ1) is 18.4. The van der Waals surface area contributed by atoms with Crippen LogP contribution >= 0.6 is 15.9 Å². The predicted octanol–water partition coefficient (Wildman–Crippen LogP) is 3.04. The largest absolute Gasteiger partial charge is 0.492 e. The molecule has 0 fully saturated rings. The van der Waals surface area contributed by atoms with Crippen LogP contribution in [0.15, 0.2) is 40.9 Å². The van der Waals surface area contributed by atoms with Gasteiger partial charge in [-0.2, -0.15) is 0 Å². The summed E-state index contributed by atoms with van der Waals surface area (Å²) in [5, 5.41) is 2.76. The molecule has 7 heteroatoms. The van der Waals surface area contributed by atoms with Gasteiger partial charge in [-0.1, -0.05) is 24.3 Å². The van der Waals surface area contributed by atoms with Crippen LogP contribution in [0.5, 0.6) is 5.75 Å². The number of nitrogens with one attached hydrogen (secondary N) is 1. The summed E-state index contributed by atoms with van der Waals surface area (Å²) in [7, 11) is 2.62. The Balaban J connectivity index is 1.92. The zero-order chi connectivity index (χ0) is 18.9. The summed E-state index contributed by atoms with van der Waals surface area (Å²) in [6.45, 7) is 0. The van der Waals surface area contributed by atoms with Crippen molar-refractivity contribution >= 4 is 27.8 Å². The van der Waals surface area contributed by atoms with Gasteiger partial charge in [0.25, 0.3) is 5.91 Å². The third-order valence-electron chi connectivity index (χ3n) is 4.50. The standard InChI is InChI=1S/C19H17BrFNO4/c1-25-16-14(20)7-13(8-15(16)21)17(23)22-19(18(24)26-2)9-11-5-3-4-6-12(11)10-19/h3-8H,9-10H2,1-2H3,(H,22,23). The minimum Gasteiger partial charge on any atom is -0.492 e. The zero-order valence-electron chi connectivity index (χ0n) is 14.3. The van der Waals surface area contributed by atoms with Crippen molar-refractivity contribution in [3.8, 4) is 5.75 Å². The van der Waals surface area contributed by atoms with E-state index in [-0.39, 0.29) is 11.3 Å². The summed E-state index contributed by atoms with van der Waals surface area (Å²) in [6.07, 6.45) is 0.642. The van der Waals surface area contributed by atoms with Crippen molar-refractivity contribution in [2.24, 2.45) is 0 Å². The van der Waals surface area contributed by atoms with E-state index >= 15 is 0 Å². The van der Waals surface area contributed by atoms with E-state index in [1.54, 1.807) is 0 Å². The van der Waals surface area contributed by atoms with E-state index in [1.807, 2.05) is 24.3 Å². The van der Waals surface area contributed by atoms with Gasteiger partial charge < -0.3 is 14.8 Å². The second-order valence-corrected chi connectivity index (χ2v) is 6.98. The minimum atomic E-state index is -1.21. The summed E-state index contributed by atoms with van der Waals surface area (Å²) < 4.78 is 24.3. The fourth-order valence-electron chi connectivity index (χ4n) is 3.27. The number of ether oxygens (including phenoxy) is 2. The number of carbonyl (C=O) groups excluding carboxylic acids is 2. The number of esters is 1. The molecule has 1 aliphatic rings. The molecule has 1 aliphatic carbocycles. The Kier molecular flexibility index (Phi) is 5.00. The summed E-state index contributed by atoms with van der Waals surface area (Å²) in [6, 6.07) is 10.1. The summed E-state index contributed by atoms with van der Waals surface area (Å²) in [5.41, 5.74) is 0.813. The number of benzene rings is 2. The Morgan fingerprint density at radius 2 is 1.77 bits per heavy atom. The van der Waals surface area contributed by atoms with E-state index in [0.29, 0.717) is 17.3 Å². The van der Waals surface area contributed by atoms with Crippen molar-refractivity contribution in [3.63, 3.8) is 0 Å². The van der Waals surface area contributed by atoms with Gasteiger partial charge in [-0.25, -0.2) is 9.18 Å². The molecule has 0 saturated carbocycles. The molecule has 26 heavy (non-hydrogen) atoms. The van der Waals surface area contributed by atoms with Gasteiger partial charge in [0.15, 0.2) is 11.6 Å². The van der Waals surface area contributed by atoms with Crippen LogP contribution in [0.25, 0.3) is 0 Å². The van der Waals surface area contributed by atoms with Crippen molar-refractivity contribution < 1.29 is 23.5 Å². The van der Waals surface area contributed by atoms with Gasteiger partial charge in [-0.05, 0) is 39.2 Å². The smallest absolute Gasteiger partial charge is 0.332 e. The highest BCUT2D eigenvalue weighted by Crippen LogP contribution is 2.33. The molecule has 0 aliphatic heterocycles. The first-order valence-corrected chi connectivity index (χ1v) is 8.70. The zero-order valence-corrected chi connectivity index (χ0v) is 15.9. The van der Waals surface area contributed by atoms with E-state index in [0.717, 1.165) is 17.2 Å². The minimum absolute atomic E-state index is 0.0116. The lowest BCUT2D eigenvalue weighted by Gasteiger charge is -2.27. The van der Waals surface area contributed by atoms with Crippen LogP contribution in [-0.4, -0.2) is 31.6 Å². The van der Waals surface area contributed by atoms with Crippen LogP contribution in [0.3, 0.4) is 0 Å². The number of methoxy groups -OCH3 is 2. The molecule has 5 nitrogen and oxygen atoms in total. The van der Waals surface area contributed by atoms with E-state index in [2.05, 4.69) is 21.2 Å². The quantitative estimate of drug-likeness (QED) is 0.770. The monoisotopic (exact) mass is 421 g/mol. The topological polar surface area (TPSA) is 64.6 Å². The highest BCUT2D eigenvalue weighted by Gasteiger charge is 2.46. The van der Waals surface area contributed by atoms with Crippen LogP contribution in [0.1, 0.15) is 21.5 Å². The lowest BCUT2D eigenvalue weighted by Crippen LogP contribution is -2.56. The molecule has 136 valence electrons. The van der Waals surface area contributed by atoms with Gasteiger partial charge in [-0.15, -0.1) is 0 Å².